The minimum Gasteiger partial charge on any atom is -0.321 e. The Balaban J connectivity index is 1.77. The molecule has 194 valence electrons. The van der Waals surface area contributed by atoms with E-state index in [1.807, 2.05) is 26.0 Å². The molecule has 2 amide bonds. The first-order valence-electron chi connectivity index (χ1n) is 11.4. The highest BCUT2D eigenvalue weighted by Gasteiger charge is 2.41. The van der Waals surface area contributed by atoms with Crippen LogP contribution in [-0.2, 0) is 22.2 Å². The van der Waals surface area contributed by atoms with Gasteiger partial charge in [-0.3, -0.25) is 14.5 Å². The molecule has 3 aromatic carbocycles. The number of carbonyl (C=O) groups is 2. The molecule has 1 heterocycles. The number of nitriles is 1. The highest BCUT2D eigenvalue weighted by Crippen LogP contribution is 2.43. The van der Waals surface area contributed by atoms with Gasteiger partial charge in [-0.25, -0.2) is 0 Å². The number of anilines is 2. The number of benzene rings is 3. The van der Waals surface area contributed by atoms with Crippen LogP contribution in [0.1, 0.15) is 22.3 Å². The van der Waals surface area contributed by atoms with Crippen LogP contribution in [0.5, 0.6) is 0 Å². The van der Waals surface area contributed by atoms with Gasteiger partial charge in [0.05, 0.1) is 10.8 Å². The summed E-state index contributed by atoms with van der Waals surface area (Å²) in [6.45, 7) is 3.77. The standard InChI is InChI=1S/C28H21ClF3N3O2S/c1-16-8-10-21(12-17(16)2)35-26(37)24(14-18-13-19(28(30,31)32)9-11-23(18)29)38-27(35)22(15-33)25(36)34-20-6-4-3-5-7-20/h3-13,24H,14H2,1-2H3,(H,34,36)/b27-22-. The number of nitrogens with zero attached hydrogens (tertiary/aromatic N) is 2. The van der Waals surface area contributed by atoms with Crippen LogP contribution < -0.4 is 10.2 Å². The molecule has 38 heavy (non-hydrogen) atoms. The van der Waals surface area contributed by atoms with Crippen molar-refractivity contribution in [3.63, 3.8) is 0 Å². The lowest BCUT2D eigenvalue weighted by molar-refractivity contribution is -0.137. The van der Waals surface area contributed by atoms with E-state index in [4.69, 9.17) is 11.6 Å². The molecule has 1 saturated heterocycles. The Kier molecular flexibility index (Phi) is 7.86. The van der Waals surface area contributed by atoms with Gasteiger partial charge in [0.2, 0.25) is 5.91 Å². The minimum atomic E-state index is -4.58. The SMILES string of the molecule is Cc1ccc(N2C(=O)C(Cc3cc(C(F)(F)F)ccc3Cl)S/C2=C(/C#N)C(=O)Nc2ccccc2)cc1C. The summed E-state index contributed by atoms with van der Waals surface area (Å²) in [7, 11) is 0. The van der Waals surface area contributed by atoms with Crippen molar-refractivity contribution in [2.24, 2.45) is 0 Å². The molecule has 0 aliphatic carbocycles. The Morgan fingerprint density at radius 1 is 1.08 bits per heavy atom. The van der Waals surface area contributed by atoms with Crippen molar-refractivity contribution in [3.05, 3.63) is 105 Å². The summed E-state index contributed by atoms with van der Waals surface area (Å²) in [4.78, 5) is 28.1. The number of hydrogen-bond acceptors (Lipinski definition) is 4. The zero-order chi connectivity index (χ0) is 27.6. The molecule has 3 aromatic rings. The van der Waals surface area contributed by atoms with Crippen LogP contribution in [-0.4, -0.2) is 17.1 Å². The predicted molar refractivity (Wildman–Crippen MR) is 143 cm³/mol. The van der Waals surface area contributed by atoms with Gasteiger partial charge in [-0.05, 0) is 79.4 Å². The van der Waals surface area contributed by atoms with E-state index in [1.54, 1.807) is 42.5 Å². The number of para-hydroxylation sites is 1. The third-order valence-electron chi connectivity index (χ3n) is 6.06. The molecule has 0 bridgehead atoms. The lowest BCUT2D eigenvalue weighted by Crippen LogP contribution is -2.31. The van der Waals surface area contributed by atoms with Crippen LogP contribution in [0, 0.1) is 25.2 Å². The van der Waals surface area contributed by atoms with E-state index in [1.165, 1.54) is 4.90 Å². The molecule has 10 heteroatoms. The van der Waals surface area contributed by atoms with Crippen LogP contribution in [0.15, 0.2) is 77.3 Å². The molecule has 1 fully saturated rings. The molecule has 0 spiro atoms. The maximum Gasteiger partial charge on any atom is 0.416 e. The summed E-state index contributed by atoms with van der Waals surface area (Å²) in [5, 5.41) is 11.9. The van der Waals surface area contributed by atoms with Crippen molar-refractivity contribution in [1.82, 2.24) is 0 Å². The van der Waals surface area contributed by atoms with Crippen molar-refractivity contribution in [3.8, 4) is 6.07 Å². The lowest BCUT2D eigenvalue weighted by Gasteiger charge is -2.20. The molecule has 1 N–H and O–H groups in total. The zero-order valence-corrected chi connectivity index (χ0v) is 21.8. The largest absolute Gasteiger partial charge is 0.416 e. The number of halogens is 4. The number of thioether (sulfide) groups is 1. The molecule has 1 aliphatic heterocycles. The average molecular weight is 556 g/mol. The lowest BCUT2D eigenvalue weighted by atomic mass is 10.0. The van der Waals surface area contributed by atoms with Gasteiger partial charge in [-0.1, -0.05) is 47.6 Å². The number of amides is 2. The Hall–Kier alpha value is -3.74. The van der Waals surface area contributed by atoms with Gasteiger partial charge in [0, 0.05) is 16.4 Å². The molecule has 0 aromatic heterocycles. The molecule has 0 radical (unpaired) electrons. The number of nitrogens with one attached hydrogen (secondary N) is 1. The summed E-state index contributed by atoms with van der Waals surface area (Å²) < 4.78 is 39.9. The number of aryl methyl sites for hydroxylation is 2. The van der Waals surface area contributed by atoms with Crippen molar-refractivity contribution < 1.29 is 22.8 Å². The quantitative estimate of drug-likeness (QED) is 0.271. The summed E-state index contributed by atoms with van der Waals surface area (Å²) in [5.74, 6) is -1.18. The first kappa shape index (κ1) is 27.3. The van der Waals surface area contributed by atoms with Gasteiger partial charge >= 0.3 is 6.18 Å². The van der Waals surface area contributed by atoms with Crippen molar-refractivity contribution >= 4 is 46.6 Å². The summed E-state index contributed by atoms with van der Waals surface area (Å²) in [5.41, 5.74) is 1.74. The Morgan fingerprint density at radius 3 is 2.42 bits per heavy atom. The summed E-state index contributed by atoms with van der Waals surface area (Å²) in [6.07, 6.45) is -4.71. The van der Waals surface area contributed by atoms with E-state index in [2.05, 4.69) is 5.32 Å². The maximum absolute atomic E-state index is 13.7. The first-order chi connectivity index (χ1) is 18.0. The number of alkyl halides is 3. The smallest absolute Gasteiger partial charge is 0.321 e. The second kappa shape index (κ2) is 10.9. The third kappa shape index (κ3) is 5.72. The summed E-state index contributed by atoms with van der Waals surface area (Å²) >= 11 is 7.15. The van der Waals surface area contributed by atoms with Crippen LogP contribution >= 0.6 is 23.4 Å². The van der Waals surface area contributed by atoms with Gasteiger partial charge in [0.1, 0.15) is 16.7 Å². The van der Waals surface area contributed by atoms with E-state index in [0.29, 0.717) is 11.4 Å². The maximum atomic E-state index is 13.7. The molecule has 0 saturated carbocycles. The molecular weight excluding hydrogens is 535 g/mol. The van der Waals surface area contributed by atoms with Gasteiger partial charge in [-0.15, -0.1) is 0 Å². The van der Waals surface area contributed by atoms with Crippen molar-refractivity contribution in [2.75, 3.05) is 10.2 Å². The molecule has 5 nitrogen and oxygen atoms in total. The van der Waals surface area contributed by atoms with Crippen LogP contribution in [0.4, 0.5) is 24.5 Å². The van der Waals surface area contributed by atoms with Crippen LogP contribution in [0.2, 0.25) is 5.02 Å². The Labute approximate surface area is 226 Å². The second-order valence-corrected chi connectivity index (χ2v) is 10.3. The molecule has 1 atom stereocenters. The average Bonchev–Trinajstić information content (AvgIpc) is 3.18. The van der Waals surface area contributed by atoms with Gasteiger partial charge in [0.25, 0.3) is 5.91 Å². The monoisotopic (exact) mass is 555 g/mol. The fourth-order valence-electron chi connectivity index (χ4n) is 3.91. The van der Waals surface area contributed by atoms with Crippen LogP contribution in [0.3, 0.4) is 0 Å². The molecule has 4 rings (SSSR count). The third-order valence-corrected chi connectivity index (χ3v) is 7.70. The topological polar surface area (TPSA) is 73.2 Å². The van der Waals surface area contributed by atoms with Gasteiger partial charge in [0.15, 0.2) is 0 Å². The van der Waals surface area contributed by atoms with Gasteiger partial charge < -0.3 is 5.32 Å². The zero-order valence-electron chi connectivity index (χ0n) is 20.3. The van der Waals surface area contributed by atoms with E-state index < -0.39 is 28.8 Å². The minimum absolute atomic E-state index is 0.0869. The molecular formula is C28H21ClF3N3O2S. The first-order valence-corrected chi connectivity index (χ1v) is 12.7. The second-order valence-electron chi connectivity index (χ2n) is 8.67. The van der Waals surface area contributed by atoms with Gasteiger partial charge in [-0.2, -0.15) is 18.4 Å². The summed E-state index contributed by atoms with van der Waals surface area (Å²) in [6, 6.07) is 18.7. The Morgan fingerprint density at radius 2 is 1.79 bits per heavy atom. The highest BCUT2D eigenvalue weighted by atomic mass is 35.5. The highest BCUT2D eigenvalue weighted by molar-refractivity contribution is 8.05. The Bertz CT molecular complexity index is 1480. The number of carbonyl (C=O) groups excluding carboxylic acids is 2. The molecule has 1 unspecified atom stereocenters. The fourth-order valence-corrected chi connectivity index (χ4v) is 5.40. The van der Waals surface area contributed by atoms with Crippen molar-refractivity contribution in [1.29, 1.82) is 5.26 Å². The predicted octanol–water partition coefficient (Wildman–Crippen LogP) is 7.04. The van der Waals surface area contributed by atoms with Crippen LogP contribution in [0.25, 0.3) is 0 Å². The van der Waals surface area contributed by atoms with E-state index in [-0.39, 0.29) is 27.6 Å². The fraction of sp³-hybridized carbons (Fsp3) is 0.179. The number of rotatable bonds is 5. The van der Waals surface area contributed by atoms with E-state index in [9.17, 15) is 28.0 Å². The molecule has 1 aliphatic rings. The van der Waals surface area contributed by atoms with E-state index >= 15 is 0 Å². The van der Waals surface area contributed by atoms with E-state index in [0.717, 1.165) is 41.1 Å². The number of hydrogen-bond donors (Lipinski definition) is 1. The van der Waals surface area contributed by atoms with Crippen molar-refractivity contribution in [2.45, 2.75) is 31.7 Å². The normalized spacial score (nSPS) is 16.8.